The van der Waals surface area contributed by atoms with E-state index >= 15 is 0 Å². The first-order valence-corrected chi connectivity index (χ1v) is 9.19. The van der Waals surface area contributed by atoms with Crippen molar-refractivity contribution in [3.63, 3.8) is 0 Å². The Hall–Kier alpha value is -1.57. The molecule has 1 aliphatic rings. The van der Waals surface area contributed by atoms with Crippen molar-refractivity contribution >= 4 is 18.5 Å². The first kappa shape index (κ1) is 14.4. The molecule has 0 heterocycles. The highest BCUT2D eigenvalue weighted by atomic mass is 31.1. The van der Waals surface area contributed by atoms with Gasteiger partial charge in [0.1, 0.15) is 0 Å². The highest BCUT2D eigenvalue weighted by Gasteiger charge is 2.13. The van der Waals surface area contributed by atoms with Crippen LogP contribution in [0.15, 0.2) is 60.7 Å². The van der Waals surface area contributed by atoms with Crippen LogP contribution in [-0.2, 0) is 0 Å². The lowest BCUT2D eigenvalue weighted by Crippen LogP contribution is -2.10. The van der Waals surface area contributed by atoms with Gasteiger partial charge in [-0.1, -0.05) is 91.5 Å². The third-order valence-electron chi connectivity index (χ3n) is 4.01. The molecule has 0 amide bonds. The van der Waals surface area contributed by atoms with Gasteiger partial charge in [-0.15, -0.1) is 0 Å². The maximum atomic E-state index is 3.64. The molecule has 0 aliphatic heterocycles. The van der Waals surface area contributed by atoms with E-state index in [0.717, 1.165) is 0 Å². The normalized spacial score (nSPS) is 15.5. The fourth-order valence-electron chi connectivity index (χ4n) is 2.84. The van der Waals surface area contributed by atoms with E-state index in [1.807, 2.05) is 0 Å². The Morgan fingerprint density at radius 2 is 1.24 bits per heavy atom. The van der Waals surface area contributed by atoms with Crippen molar-refractivity contribution in [2.24, 2.45) is 5.92 Å². The first-order valence-electron chi connectivity index (χ1n) is 7.85. The highest BCUT2D eigenvalue weighted by Crippen LogP contribution is 2.33. The molecule has 0 nitrogen and oxygen atoms in total. The fourth-order valence-corrected chi connectivity index (χ4v) is 4.64. The maximum absolute atomic E-state index is 3.64. The molecule has 0 bridgehead atoms. The Balaban J connectivity index is 1.88. The third kappa shape index (κ3) is 3.96. The van der Waals surface area contributed by atoms with Gasteiger partial charge < -0.3 is 0 Å². The van der Waals surface area contributed by atoms with E-state index in [4.69, 9.17) is 0 Å². The fraction of sp³-hybridized carbons (Fsp3) is 0.300. The zero-order chi connectivity index (χ0) is 14.3. The summed E-state index contributed by atoms with van der Waals surface area (Å²) in [7, 11) is -0.537. The molecule has 2 aromatic carbocycles. The Kier molecular flexibility index (Phi) is 5.09. The summed E-state index contributed by atoms with van der Waals surface area (Å²) in [4.78, 5) is 0. The van der Waals surface area contributed by atoms with E-state index in [9.17, 15) is 0 Å². The highest BCUT2D eigenvalue weighted by molar-refractivity contribution is 7.77. The second kappa shape index (κ2) is 7.44. The standard InChI is InChI=1S/C20H21P/c1-4-10-18(11-5-1)16-17-21(19-12-6-2-7-13-19)20-14-8-3-9-15-20/h2-3,6-9,12-15,18H,1,4-5,10-11H2. The zero-order valence-corrected chi connectivity index (χ0v) is 13.2. The molecule has 1 aliphatic carbocycles. The summed E-state index contributed by atoms with van der Waals surface area (Å²) in [6.07, 6.45) is 6.69. The molecule has 2 aromatic rings. The van der Waals surface area contributed by atoms with Gasteiger partial charge in [-0.05, 0) is 23.5 Å². The second-order valence-corrected chi connectivity index (χ2v) is 7.52. The minimum atomic E-state index is -0.537. The van der Waals surface area contributed by atoms with Crippen LogP contribution < -0.4 is 10.6 Å². The summed E-state index contributed by atoms with van der Waals surface area (Å²) in [5.74, 6) is 4.22. The molecule has 1 heteroatoms. The van der Waals surface area contributed by atoms with Crippen molar-refractivity contribution in [3.8, 4) is 11.6 Å². The van der Waals surface area contributed by atoms with Crippen LogP contribution in [-0.4, -0.2) is 0 Å². The quantitative estimate of drug-likeness (QED) is 0.558. The lowest BCUT2D eigenvalue weighted by atomic mass is 9.90. The average molecular weight is 292 g/mol. The van der Waals surface area contributed by atoms with Crippen molar-refractivity contribution in [1.29, 1.82) is 0 Å². The Morgan fingerprint density at radius 1 is 0.714 bits per heavy atom. The molecule has 0 radical (unpaired) electrons. The minimum Gasteiger partial charge on any atom is -0.0946 e. The first-order chi connectivity index (χ1) is 10.4. The zero-order valence-electron chi connectivity index (χ0n) is 12.3. The van der Waals surface area contributed by atoms with Gasteiger partial charge in [0.25, 0.3) is 0 Å². The molecule has 0 unspecified atom stereocenters. The third-order valence-corrected chi connectivity index (χ3v) is 6.00. The minimum absolute atomic E-state index is 0.537. The lowest BCUT2D eigenvalue weighted by molar-refractivity contribution is 0.430. The summed E-state index contributed by atoms with van der Waals surface area (Å²) in [5, 5.41) is 2.73. The molecule has 106 valence electrons. The summed E-state index contributed by atoms with van der Waals surface area (Å²) in [6, 6.07) is 21.5. The number of hydrogen-bond acceptors (Lipinski definition) is 0. The van der Waals surface area contributed by atoms with Crippen LogP contribution in [0.5, 0.6) is 0 Å². The summed E-state index contributed by atoms with van der Waals surface area (Å²) >= 11 is 0. The van der Waals surface area contributed by atoms with Crippen LogP contribution in [0.25, 0.3) is 0 Å². The van der Waals surface area contributed by atoms with Crippen LogP contribution in [0.1, 0.15) is 32.1 Å². The number of rotatable bonds is 2. The van der Waals surface area contributed by atoms with Crippen molar-refractivity contribution in [1.82, 2.24) is 0 Å². The topological polar surface area (TPSA) is 0 Å². The molecule has 0 spiro atoms. The smallest absolute Gasteiger partial charge is 0.0344 e. The van der Waals surface area contributed by atoms with Gasteiger partial charge in [-0.2, -0.15) is 0 Å². The van der Waals surface area contributed by atoms with Crippen LogP contribution in [0.2, 0.25) is 0 Å². The number of benzene rings is 2. The van der Waals surface area contributed by atoms with E-state index in [1.165, 1.54) is 42.7 Å². The lowest BCUT2D eigenvalue weighted by Gasteiger charge is -2.17. The van der Waals surface area contributed by atoms with Gasteiger partial charge in [0.05, 0.1) is 0 Å². The number of hydrogen-bond donors (Lipinski definition) is 0. The Bertz CT molecular complexity index is 561. The largest absolute Gasteiger partial charge is 0.0946 e. The molecular formula is C20H21P. The van der Waals surface area contributed by atoms with Gasteiger partial charge in [0.15, 0.2) is 0 Å². The predicted octanol–water partition coefficient (Wildman–Crippen LogP) is 4.66. The molecule has 0 aromatic heterocycles. The van der Waals surface area contributed by atoms with Gasteiger partial charge in [-0.25, -0.2) is 0 Å². The maximum Gasteiger partial charge on any atom is 0.0344 e. The summed E-state index contributed by atoms with van der Waals surface area (Å²) < 4.78 is 0. The van der Waals surface area contributed by atoms with Gasteiger partial charge in [0, 0.05) is 13.8 Å². The molecule has 3 rings (SSSR count). The predicted molar refractivity (Wildman–Crippen MR) is 93.4 cm³/mol. The van der Waals surface area contributed by atoms with Gasteiger partial charge in [-0.3, -0.25) is 0 Å². The van der Waals surface area contributed by atoms with Gasteiger partial charge in [0.2, 0.25) is 0 Å². The van der Waals surface area contributed by atoms with Crippen LogP contribution >= 0.6 is 7.92 Å². The average Bonchev–Trinajstić information content (AvgIpc) is 2.58. The van der Waals surface area contributed by atoms with E-state index in [-0.39, 0.29) is 0 Å². The molecule has 0 saturated heterocycles. The molecular weight excluding hydrogens is 271 g/mol. The summed E-state index contributed by atoms with van der Waals surface area (Å²) in [6.45, 7) is 0. The Morgan fingerprint density at radius 3 is 1.76 bits per heavy atom. The molecule has 0 N–H and O–H groups in total. The van der Waals surface area contributed by atoms with E-state index < -0.39 is 7.92 Å². The van der Waals surface area contributed by atoms with Crippen molar-refractivity contribution in [3.05, 3.63) is 60.7 Å². The second-order valence-electron chi connectivity index (χ2n) is 5.60. The van der Waals surface area contributed by atoms with Crippen LogP contribution in [0, 0.1) is 17.5 Å². The monoisotopic (exact) mass is 292 g/mol. The van der Waals surface area contributed by atoms with Crippen molar-refractivity contribution in [2.75, 3.05) is 0 Å². The molecule has 0 atom stereocenters. The molecule has 1 saturated carbocycles. The summed E-state index contributed by atoms with van der Waals surface area (Å²) in [5.41, 5.74) is 3.64. The van der Waals surface area contributed by atoms with E-state index in [1.54, 1.807) is 0 Å². The molecule has 1 fully saturated rings. The van der Waals surface area contributed by atoms with E-state index in [2.05, 4.69) is 72.2 Å². The van der Waals surface area contributed by atoms with Crippen LogP contribution in [0.3, 0.4) is 0 Å². The SMILES string of the molecule is C(#CP(c1ccccc1)c1ccccc1)C1CCCCC1. The van der Waals surface area contributed by atoms with Gasteiger partial charge >= 0.3 is 0 Å². The van der Waals surface area contributed by atoms with Crippen molar-refractivity contribution in [2.45, 2.75) is 32.1 Å². The van der Waals surface area contributed by atoms with Crippen molar-refractivity contribution < 1.29 is 0 Å². The van der Waals surface area contributed by atoms with Crippen LogP contribution in [0.4, 0.5) is 0 Å². The van der Waals surface area contributed by atoms with E-state index in [0.29, 0.717) is 5.92 Å². The Labute approximate surface area is 129 Å². The molecule has 21 heavy (non-hydrogen) atoms.